The standard InChI is InChI=1S/C17H14F2N2O3S/c1-10-7-12(16-8-11(2)20-24-16)3-6-17(10)25(22,23)21-15-9-13(18)4-5-14(15)19/h3-9,21H,1-2H3. The molecule has 0 atom stereocenters. The van der Waals surface area contributed by atoms with Gasteiger partial charge in [0, 0.05) is 17.7 Å². The number of hydrogen-bond acceptors (Lipinski definition) is 4. The smallest absolute Gasteiger partial charge is 0.262 e. The molecule has 0 aliphatic carbocycles. The van der Waals surface area contributed by atoms with Crippen molar-refractivity contribution in [2.24, 2.45) is 0 Å². The first-order chi connectivity index (χ1) is 11.8. The molecule has 0 saturated carbocycles. The number of sulfonamides is 1. The Morgan fingerprint density at radius 2 is 1.80 bits per heavy atom. The van der Waals surface area contributed by atoms with Crippen molar-refractivity contribution in [3.05, 3.63) is 65.4 Å². The number of rotatable bonds is 4. The van der Waals surface area contributed by atoms with Gasteiger partial charge in [0.2, 0.25) is 0 Å². The first-order valence-corrected chi connectivity index (χ1v) is 8.77. The van der Waals surface area contributed by atoms with Crippen LogP contribution in [0.1, 0.15) is 11.3 Å². The van der Waals surface area contributed by atoms with E-state index >= 15 is 0 Å². The van der Waals surface area contributed by atoms with Gasteiger partial charge >= 0.3 is 0 Å². The van der Waals surface area contributed by atoms with Crippen molar-refractivity contribution in [1.82, 2.24) is 5.16 Å². The van der Waals surface area contributed by atoms with Crippen molar-refractivity contribution >= 4 is 15.7 Å². The van der Waals surface area contributed by atoms with E-state index in [2.05, 4.69) is 9.88 Å². The van der Waals surface area contributed by atoms with Gasteiger partial charge in [-0.15, -0.1) is 0 Å². The maximum Gasteiger partial charge on any atom is 0.262 e. The fourth-order valence-electron chi connectivity index (χ4n) is 2.38. The Kier molecular flexibility index (Phi) is 4.30. The van der Waals surface area contributed by atoms with Crippen LogP contribution in [0.4, 0.5) is 14.5 Å². The van der Waals surface area contributed by atoms with E-state index < -0.39 is 27.3 Å². The number of hydrogen-bond donors (Lipinski definition) is 1. The van der Waals surface area contributed by atoms with Crippen LogP contribution in [0.2, 0.25) is 0 Å². The summed E-state index contributed by atoms with van der Waals surface area (Å²) in [6.45, 7) is 3.37. The van der Waals surface area contributed by atoms with Crippen LogP contribution >= 0.6 is 0 Å². The molecule has 0 saturated heterocycles. The summed E-state index contributed by atoms with van der Waals surface area (Å²) in [6.07, 6.45) is 0. The topological polar surface area (TPSA) is 72.2 Å². The molecule has 1 heterocycles. The molecule has 130 valence electrons. The monoisotopic (exact) mass is 364 g/mol. The molecule has 3 aromatic rings. The molecule has 8 heteroatoms. The molecule has 1 aromatic heterocycles. The SMILES string of the molecule is Cc1cc(-c2ccc(S(=O)(=O)Nc3cc(F)ccc3F)c(C)c2)on1. The summed E-state index contributed by atoms with van der Waals surface area (Å²) in [5, 5.41) is 3.78. The molecule has 2 aromatic carbocycles. The van der Waals surface area contributed by atoms with Crippen LogP contribution in [0.3, 0.4) is 0 Å². The summed E-state index contributed by atoms with van der Waals surface area (Å²) >= 11 is 0. The highest BCUT2D eigenvalue weighted by atomic mass is 32.2. The van der Waals surface area contributed by atoms with Crippen molar-refractivity contribution in [3.63, 3.8) is 0 Å². The lowest BCUT2D eigenvalue weighted by Gasteiger charge is -2.12. The number of aromatic nitrogens is 1. The second-order valence-electron chi connectivity index (χ2n) is 5.54. The molecule has 0 radical (unpaired) electrons. The lowest BCUT2D eigenvalue weighted by molar-refractivity contribution is 0.427. The van der Waals surface area contributed by atoms with E-state index in [0.717, 1.165) is 18.2 Å². The van der Waals surface area contributed by atoms with E-state index in [4.69, 9.17) is 4.52 Å². The first-order valence-electron chi connectivity index (χ1n) is 7.28. The van der Waals surface area contributed by atoms with Gasteiger partial charge in [0.25, 0.3) is 10.0 Å². The summed E-state index contributed by atoms with van der Waals surface area (Å²) in [5.74, 6) is -1.10. The minimum Gasteiger partial charge on any atom is -0.356 e. The van der Waals surface area contributed by atoms with Crippen molar-refractivity contribution in [2.45, 2.75) is 18.7 Å². The quantitative estimate of drug-likeness (QED) is 0.758. The van der Waals surface area contributed by atoms with Crippen molar-refractivity contribution in [1.29, 1.82) is 0 Å². The Bertz CT molecular complexity index is 1050. The average molecular weight is 364 g/mol. The normalized spacial score (nSPS) is 11.5. The molecule has 0 fully saturated rings. The zero-order valence-corrected chi connectivity index (χ0v) is 14.2. The summed E-state index contributed by atoms with van der Waals surface area (Å²) in [6, 6.07) is 8.83. The number of nitrogens with zero attached hydrogens (tertiary/aromatic N) is 1. The van der Waals surface area contributed by atoms with Gasteiger partial charge in [-0.05, 0) is 49.7 Å². The van der Waals surface area contributed by atoms with Crippen molar-refractivity contribution < 1.29 is 21.7 Å². The molecule has 5 nitrogen and oxygen atoms in total. The van der Waals surface area contributed by atoms with Gasteiger partial charge in [-0.3, -0.25) is 4.72 Å². The van der Waals surface area contributed by atoms with E-state index in [9.17, 15) is 17.2 Å². The number of benzene rings is 2. The van der Waals surface area contributed by atoms with Crippen LogP contribution < -0.4 is 4.72 Å². The third-order valence-corrected chi connectivity index (χ3v) is 5.08. The number of aryl methyl sites for hydroxylation is 2. The van der Waals surface area contributed by atoms with E-state index in [1.54, 1.807) is 32.0 Å². The maximum absolute atomic E-state index is 13.7. The third kappa shape index (κ3) is 3.53. The number of nitrogens with one attached hydrogen (secondary N) is 1. The minimum atomic E-state index is -4.08. The zero-order valence-electron chi connectivity index (χ0n) is 13.4. The molecule has 0 spiro atoms. The fraction of sp³-hybridized carbons (Fsp3) is 0.118. The van der Waals surface area contributed by atoms with Gasteiger partial charge < -0.3 is 4.52 Å². The van der Waals surface area contributed by atoms with Gasteiger partial charge in [-0.25, -0.2) is 17.2 Å². The summed E-state index contributed by atoms with van der Waals surface area (Å²) in [4.78, 5) is -0.0452. The molecule has 0 unspecified atom stereocenters. The Morgan fingerprint density at radius 3 is 2.44 bits per heavy atom. The second kappa shape index (κ2) is 6.29. The predicted molar refractivity (Wildman–Crippen MR) is 88.6 cm³/mol. The fourth-order valence-corrected chi connectivity index (χ4v) is 3.67. The van der Waals surface area contributed by atoms with Crippen LogP contribution in [0.25, 0.3) is 11.3 Å². The highest BCUT2D eigenvalue weighted by molar-refractivity contribution is 7.92. The Hall–Kier alpha value is -2.74. The van der Waals surface area contributed by atoms with Crippen LogP contribution in [-0.2, 0) is 10.0 Å². The lowest BCUT2D eigenvalue weighted by atomic mass is 10.1. The Morgan fingerprint density at radius 1 is 1.04 bits per heavy atom. The van der Waals surface area contributed by atoms with Crippen LogP contribution in [0.15, 0.2) is 51.9 Å². The third-order valence-electron chi connectivity index (χ3n) is 3.55. The molecule has 0 amide bonds. The highest BCUT2D eigenvalue weighted by Gasteiger charge is 2.20. The Balaban J connectivity index is 1.96. The molecule has 0 aliphatic heterocycles. The molecule has 0 aliphatic rings. The molecule has 25 heavy (non-hydrogen) atoms. The van der Waals surface area contributed by atoms with E-state index in [0.29, 0.717) is 22.6 Å². The van der Waals surface area contributed by atoms with Gasteiger partial charge in [-0.1, -0.05) is 5.16 Å². The molecule has 0 bridgehead atoms. The lowest BCUT2D eigenvalue weighted by Crippen LogP contribution is -2.15. The van der Waals surface area contributed by atoms with E-state index in [1.165, 1.54) is 6.07 Å². The maximum atomic E-state index is 13.7. The van der Waals surface area contributed by atoms with Gasteiger partial charge in [0.05, 0.1) is 16.3 Å². The highest BCUT2D eigenvalue weighted by Crippen LogP contribution is 2.27. The van der Waals surface area contributed by atoms with Gasteiger partial charge in [0.15, 0.2) is 5.76 Å². The zero-order chi connectivity index (χ0) is 18.2. The summed E-state index contributed by atoms with van der Waals surface area (Å²) < 4.78 is 59.1. The minimum absolute atomic E-state index is 0.0452. The van der Waals surface area contributed by atoms with E-state index in [-0.39, 0.29) is 4.90 Å². The van der Waals surface area contributed by atoms with Crippen LogP contribution in [-0.4, -0.2) is 13.6 Å². The summed E-state index contributed by atoms with van der Waals surface area (Å²) in [5.41, 5.74) is 1.34. The average Bonchev–Trinajstić information content (AvgIpc) is 2.97. The number of anilines is 1. The molecule has 1 N–H and O–H groups in total. The van der Waals surface area contributed by atoms with Crippen LogP contribution in [0, 0.1) is 25.5 Å². The largest absolute Gasteiger partial charge is 0.356 e. The van der Waals surface area contributed by atoms with Crippen LogP contribution in [0.5, 0.6) is 0 Å². The molecule has 3 rings (SSSR count). The van der Waals surface area contributed by atoms with Crippen molar-refractivity contribution in [2.75, 3.05) is 4.72 Å². The Labute approximate surface area is 143 Å². The summed E-state index contributed by atoms with van der Waals surface area (Å²) in [7, 11) is -4.08. The van der Waals surface area contributed by atoms with Gasteiger partial charge in [-0.2, -0.15) is 0 Å². The van der Waals surface area contributed by atoms with Gasteiger partial charge in [0.1, 0.15) is 11.6 Å². The molecular formula is C17H14F2N2O3S. The first kappa shape index (κ1) is 17.1. The number of halogens is 2. The van der Waals surface area contributed by atoms with E-state index in [1.807, 2.05) is 0 Å². The second-order valence-corrected chi connectivity index (χ2v) is 7.19. The van der Waals surface area contributed by atoms with Crippen molar-refractivity contribution in [3.8, 4) is 11.3 Å². The predicted octanol–water partition coefficient (Wildman–Crippen LogP) is 4.04. The molecular weight excluding hydrogens is 350 g/mol.